The van der Waals surface area contributed by atoms with Crippen molar-refractivity contribution in [2.75, 3.05) is 19.5 Å². The summed E-state index contributed by atoms with van der Waals surface area (Å²) in [6, 6.07) is 5.18. The Kier molecular flexibility index (Phi) is 5.22. The molecule has 112 valence electrons. The van der Waals surface area contributed by atoms with Crippen LogP contribution in [0.15, 0.2) is 18.2 Å². The number of anilines is 1. The predicted octanol–water partition coefficient (Wildman–Crippen LogP) is 3.46. The fraction of sp³-hybridized carbons (Fsp3) is 0.333. The second-order valence-electron chi connectivity index (χ2n) is 4.54. The summed E-state index contributed by atoms with van der Waals surface area (Å²) in [7, 11) is 3.37. The van der Waals surface area contributed by atoms with E-state index in [2.05, 4.69) is 44.8 Å². The van der Waals surface area contributed by atoms with Crippen LogP contribution in [0.2, 0.25) is 0 Å². The molecule has 0 unspecified atom stereocenters. The maximum absolute atomic E-state index is 9.91. The van der Waals surface area contributed by atoms with Gasteiger partial charge in [0.25, 0.3) is 0 Å². The van der Waals surface area contributed by atoms with E-state index >= 15 is 0 Å². The number of nitrogens with one attached hydrogen (secondary N) is 1. The van der Waals surface area contributed by atoms with Crippen LogP contribution in [0.4, 0.5) is 5.82 Å². The zero-order chi connectivity index (χ0) is 15.4. The van der Waals surface area contributed by atoms with Gasteiger partial charge in [0, 0.05) is 12.6 Å². The Balaban J connectivity index is 2.52. The van der Waals surface area contributed by atoms with Crippen LogP contribution < -0.4 is 10.1 Å². The van der Waals surface area contributed by atoms with Gasteiger partial charge in [0.2, 0.25) is 0 Å². The van der Waals surface area contributed by atoms with Crippen LogP contribution in [0, 0.1) is 3.57 Å². The van der Waals surface area contributed by atoms with E-state index in [0.29, 0.717) is 11.6 Å². The van der Waals surface area contributed by atoms with Crippen molar-refractivity contribution >= 4 is 28.4 Å². The molecule has 0 aliphatic rings. The first kappa shape index (κ1) is 15.8. The molecule has 21 heavy (non-hydrogen) atoms. The summed E-state index contributed by atoms with van der Waals surface area (Å²) in [6.07, 6.45) is 1.91. The Labute approximate surface area is 137 Å². The van der Waals surface area contributed by atoms with Crippen molar-refractivity contribution in [3.05, 3.63) is 27.5 Å². The van der Waals surface area contributed by atoms with E-state index in [1.807, 2.05) is 13.1 Å². The number of hydrogen-bond acceptors (Lipinski definition) is 5. The lowest BCUT2D eigenvalue weighted by atomic mass is 10.1. The number of aromatic nitrogens is 2. The third-order valence-electron chi connectivity index (χ3n) is 3.08. The molecule has 2 rings (SSSR count). The van der Waals surface area contributed by atoms with Gasteiger partial charge < -0.3 is 15.2 Å². The second kappa shape index (κ2) is 6.93. The van der Waals surface area contributed by atoms with E-state index in [4.69, 9.17) is 4.74 Å². The Morgan fingerprint density at radius 2 is 2.10 bits per heavy atom. The zero-order valence-electron chi connectivity index (χ0n) is 12.3. The standard InChI is InChI=1S/C15H18IN3O2/c1-4-5-10-13(16)15(17-2)19-14(18-10)9-6-7-12(21-3)11(20)8-9/h6-8,20H,4-5H2,1-3H3,(H,17,18,19). The van der Waals surface area contributed by atoms with Crippen LogP contribution in [0.5, 0.6) is 11.5 Å². The number of rotatable bonds is 5. The summed E-state index contributed by atoms with van der Waals surface area (Å²) in [5, 5.41) is 13.0. The number of benzene rings is 1. The number of phenols is 1. The molecule has 0 radical (unpaired) electrons. The van der Waals surface area contributed by atoms with Gasteiger partial charge in [-0.2, -0.15) is 0 Å². The minimum Gasteiger partial charge on any atom is -0.504 e. The Morgan fingerprint density at radius 3 is 2.67 bits per heavy atom. The van der Waals surface area contributed by atoms with Crippen molar-refractivity contribution in [2.24, 2.45) is 0 Å². The third kappa shape index (κ3) is 3.37. The SMILES string of the molecule is CCCc1nc(-c2ccc(OC)c(O)c2)nc(NC)c1I. The molecule has 0 saturated heterocycles. The first-order valence-corrected chi connectivity index (χ1v) is 7.80. The second-order valence-corrected chi connectivity index (χ2v) is 5.62. The zero-order valence-corrected chi connectivity index (χ0v) is 14.4. The minimum atomic E-state index is 0.0835. The number of aromatic hydroxyl groups is 1. The predicted molar refractivity (Wildman–Crippen MR) is 91.9 cm³/mol. The normalized spacial score (nSPS) is 10.5. The number of phenolic OH excluding ortho intramolecular Hbond substituents is 1. The molecule has 0 bridgehead atoms. The summed E-state index contributed by atoms with van der Waals surface area (Å²) in [4.78, 5) is 9.15. The smallest absolute Gasteiger partial charge is 0.161 e. The molecule has 2 N–H and O–H groups in total. The average Bonchev–Trinajstić information content (AvgIpc) is 2.49. The quantitative estimate of drug-likeness (QED) is 0.754. The highest BCUT2D eigenvalue weighted by Gasteiger charge is 2.13. The molecule has 0 amide bonds. The lowest BCUT2D eigenvalue weighted by Gasteiger charge is -2.11. The van der Waals surface area contributed by atoms with Crippen LogP contribution >= 0.6 is 22.6 Å². The van der Waals surface area contributed by atoms with Gasteiger partial charge in [-0.15, -0.1) is 0 Å². The van der Waals surface area contributed by atoms with Gasteiger partial charge in [0.15, 0.2) is 17.3 Å². The molecule has 0 aliphatic heterocycles. The van der Waals surface area contributed by atoms with Gasteiger partial charge in [-0.1, -0.05) is 13.3 Å². The van der Waals surface area contributed by atoms with Crippen molar-refractivity contribution in [3.63, 3.8) is 0 Å². The molecule has 6 heteroatoms. The fourth-order valence-corrected chi connectivity index (χ4v) is 2.80. The van der Waals surface area contributed by atoms with E-state index in [1.54, 1.807) is 12.1 Å². The molecule has 0 saturated carbocycles. The summed E-state index contributed by atoms with van der Waals surface area (Å²) in [6.45, 7) is 2.12. The lowest BCUT2D eigenvalue weighted by molar-refractivity contribution is 0.373. The van der Waals surface area contributed by atoms with Gasteiger partial charge in [-0.05, 0) is 47.2 Å². The molecule has 5 nitrogen and oxygen atoms in total. The molecule has 1 heterocycles. The first-order chi connectivity index (χ1) is 10.1. The first-order valence-electron chi connectivity index (χ1n) is 6.72. The maximum Gasteiger partial charge on any atom is 0.161 e. The lowest BCUT2D eigenvalue weighted by Crippen LogP contribution is -2.05. The molecule has 1 aromatic heterocycles. The summed E-state index contributed by atoms with van der Waals surface area (Å²) < 4.78 is 6.10. The number of aryl methyl sites for hydroxylation is 1. The van der Waals surface area contributed by atoms with Crippen molar-refractivity contribution in [1.82, 2.24) is 9.97 Å². The molecule has 0 fully saturated rings. The number of halogens is 1. The Hall–Kier alpha value is -1.57. The van der Waals surface area contributed by atoms with Crippen molar-refractivity contribution in [3.8, 4) is 22.9 Å². The van der Waals surface area contributed by atoms with Gasteiger partial charge in [-0.25, -0.2) is 9.97 Å². The minimum absolute atomic E-state index is 0.0835. The number of hydrogen-bond donors (Lipinski definition) is 2. The van der Waals surface area contributed by atoms with Crippen molar-refractivity contribution < 1.29 is 9.84 Å². The Bertz CT molecular complexity index is 647. The molecule has 0 aliphatic carbocycles. The monoisotopic (exact) mass is 399 g/mol. The average molecular weight is 399 g/mol. The van der Waals surface area contributed by atoms with E-state index < -0.39 is 0 Å². The molecule has 2 aromatic rings. The summed E-state index contributed by atoms with van der Waals surface area (Å²) >= 11 is 2.26. The van der Waals surface area contributed by atoms with Crippen molar-refractivity contribution in [1.29, 1.82) is 0 Å². The van der Waals surface area contributed by atoms with E-state index in [0.717, 1.165) is 33.5 Å². The largest absolute Gasteiger partial charge is 0.504 e. The maximum atomic E-state index is 9.91. The number of ether oxygens (including phenoxy) is 1. The van der Waals surface area contributed by atoms with Crippen LogP contribution in [-0.4, -0.2) is 29.2 Å². The van der Waals surface area contributed by atoms with Crippen molar-refractivity contribution in [2.45, 2.75) is 19.8 Å². The van der Waals surface area contributed by atoms with E-state index in [-0.39, 0.29) is 5.75 Å². The molecular weight excluding hydrogens is 381 g/mol. The topological polar surface area (TPSA) is 67.3 Å². The van der Waals surface area contributed by atoms with E-state index in [1.165, 1.54) is 7.11 Å². The van der Waals surface area contributed by atoms with Crippen LogP contribution in [0.25, 0.3) is 11.4 Å². The molecular formula is C15H18IN3O2. The van der Waals surface area contributed by atoms with Crippen LogP contribution in [0.1, 0.15) is 19.0 Å². The van der Waals surface area contributed by atoms with Gasteiger partial charge >= 0.3 is 0 Å². The van der Waals surface area contributed by atoms with Gasteiger partial charge in [0.1, 0.15) is 5.82 Å². The molecule has 1 aromatic carbocycles. The van der Waals surface area contributed by atoms with Gasteiger partial charge in [0.05, 0.1) is 16.4 Å². The number of methoxy groups -OCH3 is 1. The highest BCUT2D eigenvalue weighted by Crippen LogP contribution is 2.31. The third-order valence-corrected chi connectivity index (χ3v) is 4.21. The van der Waals surface area contributed by atoms with E-state index in [9.17, 15) is 5.11 Å². The Morgan fingerprint density at radius 1 is 1.33 bits per heavy atom. The number of nitrogens with zero attached hydrogens (tertiary/aromatic N) is 2. The summed E-state index contributed by atoms with van der Waals surface area (Å²) in [5.74, 6) is 1.92. The highest BCUT2D eigenvalue weighted by molar-refractivity contribution is 14.1. The molecule has 0 atom stereocenters. The fourth-order valence-electron chi connectivity index (χ4n) is 2.02. The van der Waals surface area contributed by atoms with Crippen LogP contribution in [0.3, 0.4) is 0 Å². The van der Waals surface area contributed by atoms with Crippen LogP contribution in [-0.2, 0) is 6.42 Å². The van der Waals surface area contributed by atoms with Gasteiger partial charge in [-0.3, -0.25) is 0 Å². The summed E-state index contributed by atoms with van der Waals surface area (Å²) in [5.41, 5.74) is 1.78. The molecule has 0 spiro atoms. The highest BCUT2D eigenvalue weighted by atomic mass is 127.